The van der Waals surface area contributed by atoms with Crippen LogP contribution in [0.5, 0.6) is 0 Å². The fourth-order valence-corrected chi connectivity index (χ4v) is 5.16. The standard InChI is InChI=1S/C24H26N4O3/c25-19-14-27(13-18(19)15-5-2-1-3-6-15)11-16-7-4-8-17-12-28(24(31)22(16)17)20-9-10-21(29)26-23(20)30/h1-8,18-20H,9-14,25H2,(H,26,29,30)/t18-,19+,20?/m0/s1. The first kappa shape index (κ1) is 19.9. The van der Waals surface area contributed by atoms with Crippen molar-refractivity contribution in [2.75, 3.05) is 13.1 Å². The second kappa shape index (κ2) is 7.90. The molecule has 2 saturated heterocycles. The van der Waals surface area contributed by atoms with Gasteiger partial charge >= 0.3 is 0 Å². The summed E-state index contributed by atoms with van der Waals surface area (Å²) in [7, 11) is 0. The minimum Gasteiger partial charge on any atom is -0.326 e. The number of amides is 3. The molecule has 3 amide bonds. The molecule has 0 saturated carbocycles. The quantitative estimate of drug-likeness (QED) is 0.732. The van der Waals surface area contributed by atoms with Gasteiger partial charge in [0, 0.05) is 50.1 Å². The number of piperidine rings is 1. The zero-order valence-electron chi connectivity index (χ0n) is 17.3. The Morgan fingerprint density at radius 1 is 1.00 bits per heavy atom. The Morgan fingerprint density at radius 2 is 1.81 bits per heavy atom. The van der Waals surface area contributed by atoms with Crippen LogP contribution in [-0.2, 0) is 22.7 Å². The number of hydrogen-bond acceptors (Lipinski definition) is 5. The zero-order chi connectivity index (χ0) is 21.5. The van der Waals surface area contributed by atoms with Gasteiger partial charge in [-0.25, -0.2) is 0 Å². The number of hydrogen-bond donors (Lipinski definition) is 2. The topological polar surface area (TPSA) is 95.7 Å². The van der Waals surface area contributed by atoms with Crippen molar-refractivity contribution in [3.63, 3.8) is 0 Å². The van der Waals surface area contributed by atoms with Crippen molar-refractivity contribution in [2.45, 2.75) is 43.9 Å². The molecule has 0 aliphatic carbocycles. The predicted octanol–water partition coefficient (Wildman–Crippen LogP) is 1.37. The summed E-state index contributed by atoms with van der Waals surface area (Å²) in [5.74, 6) is -0.503. The summed E-state index contributed by atoms with van der Waals surface area (Å²) in [5, 5.41) is 2.36. The molecule has 160 valence electrons. The summed E-state index contributed by atoms with van der Waals surface area (Å²) >= 11 is 0. The molecular formula is C24H26N4O3. The number of fused-ring (bicyclic) bond motifs is 1. The van der Waals surface area contributed by atoms with Crippen LogP contribution in [0.1, 0.15) is 45.8 Å². The van der Waals surface area contributed by atoms with Crippen LogP contribution >= 0.6 is 0 Å². The first-order chi connectivity index (χ1) is 15.0. The van der Waals surface area contributed by atoms with E-state index in [4.69, 9.17) is 5.73 Å². The summed E-state index contributed by atoms with van der Waals surface area (Å²) in [6.07, 6.45) is 0.634. The Bertz CT molecular complexity index is 1040. The van der Waals surface area contributed by atoms with Crippen molar-refractivity contribution in [3.8, 4) is 0 Å². The molecule has 2 aromatic rings. The lowest BCUT2D eigenvalue weighted by Crippen LogP contribution is -2.52. The van der Waals surface area contributed by atoms with Gasteiger partial charge < -0.3 is 10.6 Å². The first-order valence-electron chi connectivity index (χ1n) is 10.8. The second-order valence-electron chi connectivity index (χ2n) is 8.73. The number of rotatable bonds is 4. The number of nitrogens with one attached hydrogen (secondary N) is 1. The average molecular weight is 418 g/mol. The third-order valence-corrected chi connectivity index (χ3v) is 6.70. The molecule has 3 N–H and O–H groups in total. The van der Waals surface area contributed by atoms with Crippen LogP contribution in [-0.4, -0.2) is 52.7 Å². The number of nitrogens with two attached hydrogens (primary N) is 1. The first-order valence-corrected chi connectivity index (χ1v) is 10.8. The van der Waals surface area contributed by atoms with E-state index in [-0.39, 0.29) is 36.1 Å². The highest BCUT2D eigenvalue weighted by Gasteiger charge is 2.40. The van der Waals surface area contributed by atoms with Gasteiger partial charge in [-0.05, 0) is 23.1 Å². The van der Waals surface area contributed by atoms with Gasteiger partial charge in [-0.1, -0.05) is 48.5 Å². The van der Waals surface area contributed by atoms with Crippen LogP contribution < -0.4 is 11.1 Å². The highest BCUT2D eigenvalue weighted by atomic mass is 16.2. The van der Waals surface area contributed by atoms with Crippen molar-refractivity contribution in [1.82, 2.24) is 15.1 Å². The third-order valence-electron chi connectivity index (χ3n) is 6.70. The lowest BCUT2D eigenvalue weighted by atomic mass is 9.95. The van der Waals surface area contributed by atoms with Gasteiger partial charge in [0.1, 0.15) is 6.04 Å². The lowest BCUT2D eigenvalue weighted by Gasteiger charge is -2.29. The van der Waals surface area contributed by atoms with E-state index in [1.165, 1.54) is 5.56 Å². The Balaban J connectivity index is 1.34. The van der Waals surface area contributed by atoms with E-state index in [9.17, 15) is 14.4 Å². The number of imide groups is 1. The Morgan fingerprint density at radius 3 is 2.58 bits per heavy atom. The maximum Gasteiger partial charge on any atom is 0.255 e. The molecule has 0 spiro atoms. The van der Waals surface area contributed by atoms with Crippen LogP contribution in [0.2, 0.25) is 0 Å². The summed E-state index contributed by atoms with van der Waals surface area (Å²) in [6.45, 7) is 2.67. The highest BCUT2D eigenvalue weighted by molar-refractivity contribution is 6.06. The van der Waals surface area contributed by atoms with Crippen LogP contribution in [0.3, 0.4) is 0 Å². The molecule has 3 aliphatic heterocycles. The molecule has 2 aromatic carbocycles. The number of carbonyl (C=O) groups is 3. The van der Waals surface area contributed by atoms with Crippen molar-refractivity contribution in [2.24, 2.45) is 5.73 Å². The molecule has 0 bridgehead atoms. The SMILES string of the molecule is N[C@@H]1CN(Cc2cccc3c2C(=O)N(C2CCC(=O)NC2=O)C3)C[C@H]1c1ccccc1. The van der Waals surface area contributed by atoms with E-state index < -0.39 is 6.04 Å². The van der Waals surface area contributed by atoms with Crippen molar-refractivity contribution >= 4 is 17.7 Å². The third kappa shape index (κ3) is 3.64. The molecular weight excluding hydrogens is 392 g/mol. The number of carbonyl (C=O) groups excluding carboxylic acids is 3. The molecule has 5 rings (SSSR count). The normalized spacial score (nSPS) is 26.3. The number of nitrogens with zero attached hydrogens (tertiary/aromatic N) is 2. The fraction of sp³-hybridized carbons (Fsp3) is 0.375. The van der Waals surface area contributed by atoms with E-state index >= 15 is 0 Å². The number of benzene rings is 2. The van der Waals surface area contributed by atoms with Crippen LogP contribution in [0.4, 0.5) is 0 Å². The van der Waals surface area contributed by atoms with E-state index in [1.807, 2.05) is 36.4 Å². The van der Waals surface area contributed by atoms with Gasteiger partial charge in [0.15, 0.2) is 0 Å². The second-order valence-corrected chi connectivity index (χ2v) is 8.73. The molecule has 0 aromatic heterocycles. The summed E-state index contributed by atoms with van der Waals surface area (Å²) < 4.78 is 0. The summed E-state index contributed by atoms with van der Waals surface area (Å²) in [5.41, 5.74) is 10.3. The Hall–Kier alpha value is -3.03. The molecule has 31 heavy (non-hydrogen) atoms. The van der Waals surface area contributed by atoms with Crippen molar-refractivity contribution < 1.29 is 14.4 Å². The van der Waals surface area contributed by atoms with Gasteiger partial charge in [0.05, 0.1) is 0 Å². The fourth-order valence-electron chi connectivity index (χ4n) is 5.16. The molecule has 7 heteroatoms. The largest absolute Gasteiger partial charge is 0.326 e. The molecule has 0 radical (unpaired) electrons. The summed E-state index contributed by atoms with van der Waals surface area (Å²) in [4.78, 5) is 41.0. The van der Waals surface area contributed by atoms with E-state index in [0.29, 0.717) is 25.1 Å². The molecule has 3 atom stereocenters. The van der Waals surface area contributed by atoms with E-state index in [1.54, 1.807) is 4.90 Å². The van der Waals surface area contributed by atoms with Gasteiger partial charge in [0.25, 0.3) is 5.91 Å². The van der Waals surface area contributed by atoms with E-state index in [2.05, 4.69) is 22.3 Å². The van der Waals surface area contributed by atoms with Crippen LogP contribution in [0.25, 0.3) is 0 Å². The lowest BCUT2D eigenvalue weighted by molar-refractivity contribution is -0.136. The van der Waals surface area contributed by atoms with Gasteiger partial charge in [-0.15, -0.1) is 0 Å². The van der Waals surface area contributed by atoms with E-state index in [0.717, 1.165) is 24.2 Å². The number of likely N-dealkylation sites (tertiary alicyclic amines) is 1. The minimum atomic E-state index is -0.590. The summed E-state index contributed by atoms with van der Waals surface area (Å²) in [6, 6.07) is 15.7. The minimum absolute atomic E-state index is 0.0508. The highest BCUT2D eigenvalue weighted by Crippen LogP contribution is 2.32. The maximum atomic E-state index is 13.3. The van der Waals surface area contributed by atoms with Crippen LogP contribution in [0, 0.1) is 0 Å². The maximum absolute atomic E-state index is 13.3. The molecule has 3 heterocycles. The predicted molar refractivity (Wildman–Crippen MR) is 115 cm³/mol. The van der Waals surface area contributed by atoms with Gasteiger partial charge in [0.2, 0.25) is 11.8 Å². The Labute approximate surface area is 181 Å². The smallest absolute Gasteiger partial charge is 0.255 e. The molecule has 1 unspecified atom stereocenters. The van der Waals surface area contributed by atoms with Crippen molar-refractivity contribution in [1.29, 1.82) is 0 Å². The Kier molecular flexibility index (Phi) is 5.08. The molecule has 7 nitrogen and oxygen atoms in total. The molecule has 3 aliphatic rings. The monoisotopic (exact) mass is 418 g/mol. The average Bonchev–Trinajstić information content (AvgIpc) is 3.29. The van der Waals surface area contributed by atoms with Gasteiger partial charge in [-0.2, -0.15) is 0 Å². The van der Waals surface area contributed by atoms with Crippen LogP contribution in [0.15, 0.2) is 48.5 Å². The van der Waals surface area contributed by atoms with Gasteiger partial charge in [-0.3, -0.25) is 24.6 Å². The zero-order valence-corrected chi connectivity index (χ0v) is 17.3. The molecule has 2 fully saturated rings. The van der Waals surface area contributed by atoms with Crippen molar-refractivity contribution in [3.05, 3.63) is 70.8 Å².